The van der Waals surface area contributed by atoms with Crippen LogP contribution in [0, 0.1) is 20.8 Å². The Morgan fingerprint density at radius 3 is 1.87 bits per heavy atom. The standard InChI is InChI=1S/C20H39N2O5SSi.ClH/c1-17-15-18(2)20(19(3)16-17)28(23,24)21-11-9-12-22(4,5)13-10-14-29(25-6,26-7)27-8;/h15-16,21H,9-14H2,1-8H3;1H/q+1;/p-1. The number of sulfonamides is 1. The van der Waals surface area contributed by atoms with Crippen molar-refractivity contribution < 1.29 is 38.6 Å². The maximum atomic E-state index is 12.7. The summed E-state index contributed by atoms with van der Waals surface area (Å²) >= 11 is 0. The van der Waals surface area contributed by atoms with E-state index in [9.17, 15) is 8.42 Å². The molecule has 0 aliphatic heterocycles. The Labute approximate surface area is 190 Å². The maximum absolute atomic E-state index is 12.7. The van der Waals surface area contributed by atoms with Crippen LogP contribution >= 0.6 is 0 Å². The highest BCUT2D eigenvalue weighted by molar-refractivity contribution is 7.89. The molecule has 10 heteroatoms. The van der Waals surface area contributed by atoms with Crippen molar-refractivity contribution in [3.05, 3.63) is 28.8 Å². The lowest BCUT2D eigenvalue weighted by Gasteiger charge is -2.31. The van der Waals surface area contributed by atoms with Crippen LogP contribution in [-0.2, 0) is 23.3 Å². The van der Waals surface area contributed by atoms with E-state index in [-0.39, 0.29) is 12.4 Å². The summed E-state index contributed by atoms with van der Waals surface area (Å²) in [5.74, 6) is 0. The third-order valence-corrected chi connectivity index (χ3v) is 9.88. The zero-order valence-electron chi connectivity index (χ0n) is 19.7. The summed E-state index contributed by atoms with van der Waals surface area (Å²) in [5.41, 5.74) is 2.64. The number of nitrogens with one attached hydrogen (secondary N) is 1. The van der Waals surface area contributed by atoms with Crippen LogP contribution in [0.4, 0.5) is 0 Å². The van der Waals surface area contributed by atoms with Crippen LogP contribution < -0.4 is 17.1 Å². The van der Waals surface area contributed by atoms with Gasteiger partial charge in [0, 0.05) is 46.8 Å². The van der Waals surface area contributed by atoms with E-state index in [0.717, 1.165) is 53.1 Å². The van der Waals surface area contributed by atoms with Gasteiger partial charge in [0.2, 0.25) is 10.0 Å². The Balaban J connectivity index is 0.00000841. The molecular weight excluding hydrogens is 444 g/mol. The summed E-state index contributed by atoms with van der Waals surface area (Å²) in [6.45, 7) is 7.89. The molecule has 0 bridgehead atoms. The van der Waals surface area contributed by atoms with E-state index >= 15 is 0 Å². The molecule has 1 N–H and O–H groups in total. The predicted molar refractivity (Wildman–Crippen MR) is 119 cm³/mol. The molecule has 0 atom stereocenters. The van der Waals surface area contributed by atoms with Crippen LogP contribution in [0.5, 0.6) is 0 Å². The van der Waals surface area contributed by atoms with Crippen LogP contribution in [-0.4, -0.2) is 76.8 Å². The highest BCUT2D eigenvalue weighted by Crippen LogP contribution is 2.21. The van der Waals surface area contributed by atoms with Gasteiger partial charge < -0.3 is 30.2 Å². The molecule has 176 valence electrons. The number of hydrogen-bond acceptors (Lipinski definition) is 5. The summed E-state index contributed by atoms with van der Waals surface area (Å²) in [7, 11) is 3.15. The van der Waals surface area contributed by atoms with E-state index in [1.54, 1.807) is 21.3 Å². The van der Waals surface area contributed by atoms with Crippen molar-refractivity contribution >= 4 is 18.8 Å². The largest absolute Gasteiger partial charge is 1.00 e. The van der Waals surface area contributed by atoms with E-state index < -0.39 is 18.8 Å². The normalized spacial score (nSPS) is 12.7. The third-order valence-electron chi connectivity index (χ3n) is 5.29. The fourth-order valence-corrected chi connectivity index (χ4v) is 6.99. The summed E-state index contributed by atoms with van der Waals surface area (Å²) < 4.78 is 45.4. The van der Waals surface area contributed by atoms with E-state index in [0.29, 0.717) is 11.4 Å². The minimum atomic E-state index is -3.50. The minimum Gasteiger partial charge on any atom is -1.00 e. The molecule has 1 aromatic rings. The summed E-state index contributed by atoms with van der Waals surface area (Å²) in [5, 5.41) is 0. The summed E-state index contributed by atoms with van der Waals surface area (Å²) in [4.78, 5) is 0.400. The lowest BCUT2D eigenvalue weighted by atomic mass is 10.1. The Hall–Kier alpha value is -0.523. The van der Waals surface area contributed by atoms with Gasteiger partial charge in [-0.15, -0.1) is 0 Å². The number of nitrogens with zero attached hydrogens (tertiary/aromatic N) is 1. The monoisotopic (exact) mass is 482 g/mol. The van der Waals surface area contributed by atoms with Crippen molar-refractivity contribution in [3.8, 4) is 0 Å². The van der Waals surface area contributed by atoms with Crippen LogP contribution in [0.25, 0.3) is 0 Å². The Kier molecular flexibility index (Phi) is 12.3. The fraction of sp³-hybridized carbons (Fsp3) is 0.700. The molecule has 0 aliphatic carbocycles. The van der Waals surface area contributed by atoms with E-state index in [1.165, 1.54) is 0 Å². The topological polar surface area (TPSA) is 73.9 Å². The van der Waals surface area contributed by atoms with Crippen molar-refractivity contribution in [1.82, 2.24) is 4.72 Å². The number of rotatable bonds is 13. The second kappa shape index (κ2) is 12.5. The number of quaternary nitrogens is 1. The van der Waals surface area contributed by atoms with Gasteiger partial charge in [-0.1, -0.05) is 17.7 Å². The molecule has 0 aliphatic rings. The first-order chi connectivity index (χ1) is 13.4. The molecule has 30 heavy (non-hydrogen) atoms. The van der Waals surface area contributed by atoms with Crippen LogP contribution in [0.2, 0.25) is 6.04 Å². The van der Waals surface area contributed by atoms with Crippen molar-refractivity contribution in [2.75, 3.05) is 55.1 Å². The lowest BCUT2D eigenvalue weighted by molar-refractivity contribution is -0.890. The van der Waals surface area contributed by atoms with Crippen molar-refractivity contribution in [1.29, 1.82) is 0 Å². The van der Waals surface area contributed by atoms with E-state index in [1.807, 2.05) is 32.9 Å². The molecule has 1 rings (SSSR count). The molecule has 0 saturated carbocycles. The van der Waals surface area contributed by atoms with Gasteiger partial charge in [-0.2, -0.15) is 0 Å². The van der Waals surface area contributed by atoms with Crippen LogP contribution in [0.1, 0.15) is 29.5 Å². The minimum absolute atomic E-state index is 0. The van der Waals surface area contributed by atoms with Gasteiger partial charge in [-0.05, 0) is 31.9 Å². The zero-order chi connectivity index (χ0) is 22.3. The van der Waals surface area contributed by atoms with Gasteiger partial charge in [0.25, 0.3) is 0 Å². The molecular formula is C20H39ClN2O5SSi. The maximum Gasteiger partial charge on any atom is 0.500 e. The van der Waals surface area contributed by atoms with E-state index in [2.05, 4.69) is 18.8 Å². The highest BCUT2D eigenvalue weighted by Gasteiger charge is 2.37. The average molecular weight is 483 g/mol. The van der Waals surface area contributed by atoms with Gasteiger partial charge in [-0.3, -0.25) is 0 Å². The molecule has 0 spiro atoms. The SMILES string of the molecule is CO[Si](CCC[N+](C)(C)CCCNS(=O)(=O)c1c(C)cc(C)cc1C)(OC)OC.[Cl-]. The first-order valence-electron chi connectivity index (χ1n) is 9.97. The first-order valence-corrected chi connectivity index (χ1v) is 13.4. The summed E-state index contributed by atoms with van der Waals surface area (Å²) in [6, 6.07) is 4.58. The number of benzene rings is 1. The second-order valence-electron chi connectivity index (χ2n) is 8.26. The van der Waals surface area contributed by atoms with Gasteiger partial charge in [0.05, 0.1) is 32.1 Å². The zero-order valence-corrected chi connectivity index (χ0v) is 22.2. The predicted octanol–water partition coefficient (Wildman–Crippen LogP) is -0.371. The quantitative estimate of drug-likeness (QED) is 0.236. The number of halogens is 1. The molecule has 7 nitrogen and oxygen atoms in total. The molecule has 0 heterocycles. The molecule has 0 amide bonds. The van der Waals surface area contributed by atoms with Crippen molar-refractivity contribution in [2.24, 2.45) is 0 Å². The van der Waals surface area contributed by atoms with Gasteiger partial charge in [0.1, 0.15) is 0 Å². The molecule has 0 saturated heterocycles. The number of hydrogen-bond donors (Lipinski definition) is 1. The second-order valence-corrected chi connectivity index (χ2v) is 13.1. The Bertz CT molecular complexity index is 739. The van der Waals surface area contributed by atoms with Crippen LogP contribution in [0.15, 0.2) is 17.0 Å². The van der Waals surface area contributed by atoms with E-state index in [4.69, 9.17) is 13.3 Å². The molecule has 0 radical (unpaired) electrons. The van der Waals surface area contributed by atoms with Crippen LogP contribution in [0.3, 0.4) is 0 Å². The third kappa shape index (κ3) is 8.55. The van der Waals surface area contributed by atoms with Gasteiger partial charge in [-0.25, -0.2) is 13.1 Å². The lowest BCUT2D eigenvalue weighted by Crippen LogP contribution is -3.00. The smallest absolute Gasteiger partial charge is 0.500 e. The average Bonchev–Trinajstić information content (AvgIpc) is 2.62. The molecule has 0 fully saturated rings. The van der Waals surface area contributed by atoms with Gasteiger partial charge in [0.15, 0.2) is 0 Å². The van der Waals surface area contributed by atoms with Crippen molar-refractivity contribution in [2.45, 2.75) is 44.6 Å². The van der Waals surface area contributed by atoms with Crippen molar-refractivity contribution in [3.63, 3.8) is 0 Å². The highest BCUT2D eigenvalue weighted by atomic mass is 35.5. The molecule has 0 unspecified atom stereocenters. The number of aryl methyl sites for hydroxylation is 3. The Morgan fingerprint density at radius 1 is 0.933 bits per heavy atom. The van der Waals surface area contributed by atoms with Gasteiger partial charge >= 0.3 is 8.80 Å². The fourth-order valence-electron chi connectivity index (χ4n) is 3.77. The molecule has 1 aromatic carbocycles. The molecule has 0 aromatic heterocycles. The summed E-state index contributed by atoms with van der Waals surface area (Å²) in [6.07, 6.45) is 1.68. The first kappa shape index (κ1) is 29.5. The Morgan fingerprint density at radius 2 is 1.40 bits per heavy atom.